The predicted molar refractivity (Wildman–Crippen MR) is 120 cm³/mol. The van der Waals surface area contributed by atoms with Gasteiger partial charge in [0.1, 0.15) is 0 Å². The van der Waals surface area contributed by atoms with Gasteiger partial charge in [0.25, 0.3) is 0 Å². The minimum Gasteiger partial charge on any atom is -0.0841 e. The number of allylic oxidation sites excluding steroid dienone is 8. The lowest BCUT2D eigenvalue weighted by Gasteiger charge is -2.72. The van der Waals surface area contributed by atoms with Crippen LogP contribution >= 0.6 is 0 Å². The van der Waals surface area contributed by atoms with E-state index in [4.69, 9.17) is 0 Å². The lowest BCUT2D eigenvalue weighted by Crippen LogP contribution is -2.64. The van der Waals surface area contributed by atoms with Crippen molar-refractivity contribution in [1.82, 2.24) is 0 Å². The van der Waals surface area contributed by atoms with Crippen molar-refractivity contribution in [3.63, 3.8) is 0 Å². The zero-order chi connectivity index (χ0) is 20.8. The molecule has 0 aliphatic heterocycles. The van der Waals surface area contributed by atoms with Gasteiger partial charge < -0.3 is 0 Å². The topological polar surface area (TPSA) is 0 Å². The maximum absolute atomic E-state index is 2.59. The fraction of sp³-hybridized carbons (Fsp3) is 0.704. The van der Waals surface area contributed by atoms with Gasteiger partial charge in [-0.15, -0.1) is 0 Å². The molecule has 27 heavy (non-hydrogen) atoms. The Morgan fingerprint density at radius 1 is 0.741 bits per heavy atom. The Labute approximate surface area is 168 Å². The highest BCUT2D eigenvalue weighted by molar-refractivity contribution is 5.62. The molecule has 3 aliphatic rings. The molecule has 3 aliphatic carbocycles. The molecule has 0 spiro atoms. The highest BCUT2D eigenvalue weighted by Gasteiger charge is 2.69. The van der Waals surface area contributed by atoms with Gasteiger partial charge in [-0.3, -0.25) is 0 Å². The SMILES string of the molecule is C/C=C1\CC(C)(C)C2(C)C(=C1C)C(C)=C1C(C)=CCC(C)(C)C1(C)C2(C)C. The summed E-state index contributed by atoms with van der Waals surface area (Å²) in [6.07, 6.45) is 7.20. The van der Waals surface area contributed by atoms with Crippen LogP contribution in [-0.2, 0) is 0 Å². The largest absolute Gasteiger partial charge is 0.0841 e. The van der Waals surface area contributed by atoms with Crippen molar-refractivity contribution in [2.75, 3.05) is 0 Å². The average molecular weight is 367 g/mol. The molecule has 2 unspecified atom stereocenters. The zero-order valence-corrected chi connectivity index (χ0v) is 20.1. The van der Waals surface area contributed by atoms with E-state index in [0.29, 0.717) is 0 Å². The van der Waals surface area contributed by atoms with Crippen molar-refractivity contribution in [2.45, 2.75) is 95.9 Å². The molecule has 150 valence electrons. The molecular formula is C27H42. The van der Waals surface area contributed by atoms with Gasteiger partial charge in [0.2, 0.25) is 0 Å². The van der Waals surface area contributed by atoms with E-state index in [1.54, 1.807) is 22.3 Å². The highest BCUT2D eigenvalue weighted by atomic mass is 14.7. The second-order valence-electron chi connectivity index (χ2n) is 11.7. The van der Waals surface area contributed by atoms with Crippen molar-refractivity contribution in [3.8, 4) is 0 Å². The van der Waals surface area contributed by atoms with Crippen LogP contribution in [0.3, 0.4) is 0 Å². The number of fused-ring (bicyclic) bond motifs is 2. The Bertz CT molecular complexity index is 818. The van der Waals surface area contributed by atoms with Gasteiger partial charge in [-0.25, -0.2) is 0 Å². The van der Waals surface area contributed by atoms with Crippen LogP contribution in [-0.4, -0.2) is 0 Å². The van der Waals surface area contributed by atoms with Crippen LogP contribution in [0.2, 0.25) is 0 Å². The molecular weight excluding hydrogens is 324 g/mol. The first-order chi connectivity index (χ1) is 12.1. The van der Waals surface area contributed by atoms with E-state index in [1.165, 1.54) is 24.0 Å². The Morgan fingerprint density at radius 3 is 1.78 bits per heavy atom. The lowest BCUT2D eigenvalue weighted by atomic mass is 9.32. The van der Waals surface area contributed by atoms with Gasteiger partial charge in [0, 0.05) is 10.8 Å². The van der Waals surface area contributed by atoms with Gasteiger partial charge in [0.15, 0.2) is 0 Å². The molecule has 0 nitrogen and oxygen atoms in total. The third-order valence-corrected chi connectivity index (χ3v) is 10.1. The number of rotatable bonds is 0. The van der Waals surface area contributed by atoms with Gasteiger partial charge in [-0.05, 0) is 84.6 Å². The molecule has 0 aromatic heterocycles. The van der Waals surface area contributed by atoms with Crippen LogP contribution in [0, 0.1) is 27.1 Å². The van der Waals surface area contributed by atoms with Gasteiger partial charge in [-0.1, -0.05) is 73.1 Å². The normalized spacial score (nSPS) is 38.5. The summed E-state index contributed by atoms with van der Waals surface area (Å²) in [6.45, 7) is 29.8. The maximum atomic E-state index is 2.59. The molecule has 0 saturated heterocycles. The smallest absolute Gasteiger partial charge is 0.00441 e. The Hall–Kier alpha value is -1.04. The van der Waals surface area contributed by atoms with E-state index >= 15 is 0 Å². The van der Waals surface area contributed by atoms with Crippen LogP contribution in [0.4, 0.5) is 0 Å². The first-order valence-electron chi connectivity index (χ1n) is 10.9. The summed E-state index contributed by atoms with van der Waals surface area (Å²) in [7, 11) is 0. The molecule has 0 saturated carbocycles. The molecule has 0 amide bonds. The maximum Gasteiger partial charge on any atom is 0.00441 e. The molecule has 0 heterocycles. The van der Waals surface area contributed by atoms with Crippen LogP contribution < -0.4 is 0 Å². The zero-order valence-electron chi connectivity index (χ0n) is 20.1. The van der Waals surface area contributed by atoms with Crippen LogP contribution in [0.25, 0.3) is 0 Å². The molecule has 0 heteroatoms. The lowest BCUT2D eigenvalue weighted by molar-refractivity contribution is -0.130. The summed E-state index contributed by atoms with van der Waals surface area (Å²) in [5, 5.41) is 0. The fourth-order valence-corrected chi connectivity index (χ4v) is 7.69. The highest BCUT2D eigenvalue weighted by Crippen LogP contribution is 2.77. The van der Waals surface area contributed by atoms with Gasteiger partial charge in [-0.2, -0.15) is 0 Å². The summed E-state index contributed by atoms with van der Waals surface area (Å²) in [4.78, 5) is 0. The predicted octanol–water partition coefficient (Wildman–Crippen LogP) is 8.42. The van der Waals surface area contributed by atoms with Crippen molar-refractivity contribution >= 4 is 0 Å². The minimum atomic E-state index is 0.133. The number of hydrogen-bond donors (Lipinski definition) is 0. The quantitative estimate of drug-likeness (QED) is 0.403. The Morgan fingerprint density at radius 2 is 1.26 bits per heavy atom. The summed E-state index contributed by atoms with van der Waals surface area (Å²) >= 11 is 0. The van der Waals surface area contributed by atoms with E-state index in [9.17, 15) is 0 Å². The Kier molecular flexibility index (Phi) is 4.23. The summed E-state index contributed by atoms with van der Waals surface area (Å²) in [5.74, 6) is 0. The summed E-state index contributed by atoms with van der Waals surface area (Å²) in [6, 6.07) is 0. The summed E-state index contributed by atoms with van der Waals surface area (Å²) in [5.41, 5.74) is 10.3. The van der Waals surface area contributed by atoms with E-state index in [2.05, 4.69) is 95.2 Å². The molecule has 3 rings (SSSR count). The molecule has 0 aromatic rings. The molecule has 0 fully saturated rings. The van der Waals surface area contributed by atoms with E-state index < -0.39 is 0 Å². The first-order valence-corrected chi connectivity index (χ1v) is 10.9. The minimum absolute atomic E-state index is 0.133. The number of hydrogen-bond acceptors (Lipinski definition) is 0. The van der Waals surface area contributed by atoms with E-state index in [1.807, 2.05) is 0 Å². The van der Waals surface area contributed by atoms with E-state index in [0.717, 1.165) is 0 Å². The van der Waals surface area contributed by atoms with Gasteiger partial charge >= 0.3 is 0 Å². The molecule has 2 atom stereocenters. The first kappa shape index (κ1) is 20.7. The third-order valence-electron chi connectivity index (χ3n) is 10.1. The monoisotopic (exact) mass is 366 g/mol. The van der Waals surface area contributed by atoms with E-state index in [-0.39, 0.29) is 27.1 Å². The molecule has 0 aromatic carbocycles. The summed E-state index contributed by atoms with van der Waals surface area (Å²) < 4.78 is 0. The fourth-order valence-electron chi connectivity index (χ4n) is 7.69. The van der Waals surface area contributed by atoms with Crippen LogP contribution in [0.5, 0.6) is 0 Å². The third kappa shape index (κ3) is 2.06. The van der Waals surface area contributed by atoms with Crippen molar-refractivity contribution in [3.05, 3.63) is 45.6 Å². The second kappa shape index (κ2) is 5.52. The second-order valence-corrected chi connectivity index (χ2v) is 11.7. The molecule has 0 bridgehead atoms. The van der Waals surface area contributed by atoms with Crippen molar-refractivity contribution in [2.24, 2.45) is 27.1 Å². The molecule has 0 N–H and O–H groups in total. The average Bonchev–Trinajstić information content (AvgIpc) is 2.54. The standard InChI is InChI=1S/C27H42/c1-13-20-16-24(7,8)27(12)22(18(20)3)19(4)21-17(2)14-15-23(5,6)26(21,11)25(27,9)10/h13-14H,15-16H2,1-12H3/b20-13+. The van der Waals surface area contributed by atoms with Gasteiger partial charge in [0.05, 0.1) is 0 Å². The van der Waals surface area contributed by atoms with Crippen molar-refractivity contribution < 1.29 is 0 Å². The van der Waals surface area contributed by atoms with Crippen LogP contribution in [0.15, 0.2) is 45.6 Å². The molecule has 0 radical (unpaired) electrons. The van der Waals surface area contributed by atoms with Crippen molar-refractivity contribution in [1.29, 1.82) is 0 Å². The Balaban J connectivity index is 2.58. The van der Waals surface area contributed by atoms with Crippen LogP contribution in [0.1, 0.15) is 95.9 Å².